The Bertz CT molecular complexity index is 4620. The molecule has 5 heterocycles. The van der Waals surface area contributed by atoms with Crippen LogP contribution in [0.25, 0.3) is 0 Å². The molecule has 5 aliphatic heterocycles. The van der Waals surface area contributed by atoms with Gasteiger partial charge in [-0.25, -0.2) is 0 Å². The van der Waals surface area contributed by atoms with Gasteiger partial charge in [-0.1, -0.05) is 123 Å². The average molecular weight is 2020 g/mol. The molecule has 17 atom stereocenters. The Morgan fingerprint density at radius 3 is 1.71 bits per heavy atom. The molecule has 0 spiro atoms. The number of likely N-dealkylation sites (tertiary alicyclic amines) is 3. The second-order valence-electron chi connectivity index (χ2n) is 36.8. The van der Waals surface area contributed by atoms with E-state index in [-0.39, 0.29) is 166 Å². The number of aliphatic hydroxyl groups excluding tert-OH is 1. The minimum atomic E-state index is -1.84. The summed E-state index contributed by atoms with van der Waals surface area (Å²) in [6, 6.07) is -9.66. The first-order chi connectivity index (χ1) is 66.7. The summed E-state index contributed by atoms with van der Waals surface area (Å²) in [6.45, 7) is 10.8. The van der Waals surface area contributed by atoms with E-state index in [0.717, 1.165) is 21.6 Å². The number of nitrogens with two attached hydrogens (primary N) is 4. The SMILES string of the molecule is CCCCC1NC(=O)C(CCCCN)NC(=O)C(CCCNC(=N)N)NC(=O)C(CC(C)C)NC(=O)C(NC(=O)C(Cc2cccc(Cl)c2)NC(=O)C2CCCN2C(=O)C(NC(C)=O)C(C)C)CCSSCC(C(=O)NC(CCCCN)C(=O)N2CCCC2C(=O)N2CCCC2C(=O)NC(CCC(=O)O)C(N)=O)NC(=O)C(Cc2ccccc2)NC(=O)C(CO)NC(=O)C(C)NC(=O)C2CCCN2C1=O. The van der Waals surface area contributed by atoms with Crippen LogP contribution in [0.2, 0.25) is 5.02 Å². The van der Waals surface area contributed by atoms with Crippen LogP contribution in [-0.4, -0.2) is 315 Å². The summed E-state index contributed by atoms with van der Waals surface area (Å²) in [5, 5.41) is 66.3. The highest BCUT2D eigenvalue weighted by atomic mass is 35.5. The molecule has 18 amide bonds. The number of hydrogen-bond acceptors (Lipinski definition) is 25. The van der Waals surface area contributed by atoms with E-state index in [2.05, 4.69) is 74.4 Å². The van der Waals surface area contributed by atoms with Gasteiger partial charge in [0, 0.05) is 75.4 Å². The van der Waals surface area contributed by atoms with Crippen molar-refractivity contribution in [3.63, 3.8) is 0 Å². The van der Waals surface area contributed by atoms with Crippen molar-refractivity contribution in [1.29, 1.82) is 5.41 Å². The van der Waals surface area contributed by atoms with Gasteiger partial charge < -0.3 is 127 Å². The maximum atomic E-state index is 15.7. The Morgan fingerprint density at radius 2 is 1.10 bits per heavy atom. The Kier molecular flexibility index (Phi) is 48.4. The number of aliphatic hydroxyl groups is 1. The molecule has 47 heteroatoms. The zero-order chi connectivity index (χ0) is 103. The van der Waals surface area contributed by atoms with Gasteiger partial charge in [-0.3, -0.25) is 96.5 Å². The van der Waals surface area contributed by atoms with Crippen LogP contribution in [0, 0.1) is 17.2 Å². The highest BCUT2D eigenvalue weighted by Crippen LogP contribution is 2.30. The number of carbonyl (C=O) groups excluding carboxylic acids is 18. The normalized spacial score (nSPS) is 24.1. The number of primary amides is 1. The molecule has 25 N–H and O–H groups in total. The molecule has 44 nitrogen and oxygen atoms in total. The van der Waals surface area contributed by atoms with Crippen molar-refractivity contribution in [2.45, 2.75) is 312 Å². The van der Waals surface area contributed by atoms with E-state index in [1.807, 2.05) is 6.92 Å². The number of carboxylic acid groups (broad SMARTS) is 1. The van der Waals surface area contributed by atoms with Crippen molar-refractivity contribution in [1.82, 2.24) is 94.0 Å². The number of benzene rings is 2. The van der Waals surface area contributed by atoms with Gasteiger partial charge in [0.15, 0.2) is 5.96 Å². The van der Waals surface area contributed by atoms with Crippen molar-refractivity contribution in [3.8, 4) is 0 Å². The zero-order valence-corrected chi connectivity index (χ0v) is 83.2. The number of unbranched alkanes of at least 4 members (excludes halogenated alkanes) is 3. The second-order valence-corrected chi connectivity index (χ2v) is 39.9. The van der Waals surface area contributed by atoms with Crippen LogP contribution in [-0.2, 0) is 104 Å². The first-order valence-corrected chi connectivity index (χ1v) is 51.3. The second kappa shape index (κ2) is 58.7. The Labute approximate surface area is 828 Å². The summed E-state index contributed by atoms with van der Waals surface area (Å²) in [4.78, 5) is 281. The molecule has 140 heavy (non-hydrogen) atoms. The minimum absolute atomic E-state index is 0.00894. The van der Waals surface area contributed by atoms with Crippen molar-refractivity contribution in [2.75, 3.05) is 63.9 Å². The van der Waals surface area contributed by atoms with Gasteiger partial charge in [0.1, 0.15) is 103 Å². The van der Waals surface area contributed by atoms with E-state index in [1.165, 1.54) is 33.4 Å². The Hall–Kier alpha value is -11.5. The van der Waals surface area contributed by atoms with Crippen LogP contribution in [0.3, 0.4) is 0 Å². The first kappa shape index (κ1) is 115. The standard InChI is InChI=1S/C93H144ClN23O21S2/c1-8-9-27-63-89(135)114-41-19-31-70(114)86(132)101-54(6)77(123)112-68(50-118)84(130)110-66(48-56-23-11-10-12-24-56)83(129)113-69(85(131)108-64(29-14-16-39-96)90(136)117-44-22-34-73(117)91(137)115-42-20-32-71(115)87(133)103-59(76(97)122)35-36-74(120)121)51-140-139-45-37-62(80(126)109-65(46-52(2)3)81(127)105-61(30-18-40-100-93(98)99)78(124)104-60(79(125)107-63)28-13-15-38-95)106-82(128)67(49-57-25-17-26-58(94)47-57)111-88(134)72-33-21-43-116(72)92(138)75(53(4)5)102-55(7)119/h10-12,17,23-26,47,52-54,59-73,75,118H,8-9,13-16,18-22,27-46,48-51,95-96H2,1-7H3,(H2,97,122)(H,101,132)(H,102,119)(H,103,133)(H,104,124)(H,105,127)(H,106,128)(H,107,125)(H,108,131)(H,109,126)(H,110,130)(H,111,134)(H,112,123)(H,113,129)(H,120,121)(H4,98,99,100). The number of rotatable bonds is 39. The predicted octanol–water partition coefficient (Wildman–Crippen LogP) is -2.03. The van der Waals surface area contributed by atoms with Gasteiger partial charge in [0.05, 0.1) is 6.61 Å². The Balaban J connectivity index is 1.34. The Morgan fingerprint density at radius 1 is 0.550 bits per heavy atom. The minimum Gasteiger partial charge on any atom is -0.481 e. The van der Waals surface area contributed by atoms with E-state index >= 15 is 33.6 Å². The van der Waals surface area contributed by atoms with E-state index in [9.17, 15) is 67.7 Å². The van der Waals surface area contributed by atoms with Crippen LogP contribution in [0.5, 0.6) is 0 Å². The summed E-state index contributed by atoms with van der Waals surface area (Å²) in [5.74, 6) is -18.2. The molecule has 0 saturated carbocycles. The van der Waals surface area contributed by atoms with Crippen LogP contribution in [0.1, 0.15) is 207 Å². The predicted molar refractivity (Wildman–Crippen MR) is 522 cm³/mol. The van der Waals surface area contributed by atoms with E-state index in [4.69, 9.17) is 39.9 Å². The summed E-state index contributed by atoms with van der Waals surface area (Å²) in [7, 11) is 1.93. The summed E-state index contributed by atoms with van der Waals surface area (Å²) >= 11 is 6.54. The van der Waals surface area contributed by atoms with Gasteiger partial charge in [-0.15, -0.1) is 0 Å². The lowest BCUT2D eigenvalue weighted by Crippen LogP contribution is -2.61. The molecule has 17 unspecified atom stereocenters. The fourth-order valence-corrected chi connectivity index (χ4v) is 19.9. The van der Waals surface area contributed by atoms with E-state index < -0.39 is 252 Å². The average Bonchev–Trinajstić information content (AvgIpc) is 1.65. The van der Waals surface area contributed by atoms with Crippen LogP contribution in [0.15, 0.2) is 54.6 Å². The molecular formula is C93H144ClN23O21S2. The number of carboxylic acids is 1. The van der Waals surface area contributed by atoms with Gasteiger partial charge >= 0.3 is 5.97 Å². The number of fused-ring (bicyclic) bond motifs is 1. The smallest absolute Gasteiger partial charge is 0.303 e. The maximum absolute atomic E-state index is 15.7. The third-order valence-corrected chi connectivity index (χ3v) is 27.7. The maximum Gasteiger partial charge on any atom is 0.303 e. The molecule has 7 rings (SSSR count). The molecule has 2 aromatic rings. The summed E-state index contributed by atoms with van der Waals surface area (Å²) in [6.07, 6.45) is 1.79. The van der Waals surface area contributed by atoms with Gasteiger partial charge in [0.25, 0.3) is 0 Å². The molecule has 5 fully saturated rings. The molecule has 2 aromatic carbocycles. The van der Waals surface area contributed by atoms with Crippen molar-refractivity contribution in [2.24, 2.45) is 34.8 Å². The fraction of sp³-hybridized carbons (Fsp3) is 0.656. The van der Waals surface area contributed by atoms with Crippen LogP contribution >= 0.6 is 33.2 Å². The molecule has 0 bridgehead atoms. The quantitative estimate of drug-likeness (QED) is 0.0149. The number of hydrogen-bond donors (Lipinski definition) is 21. The number of nitrogens with zero attached hydrogens (tertiary/aromatic N) is 4. The van der Waals surface area contributed by atoms with Crippen molar-refractivity contribution < 1.29 is 101 Å². The van der Waals surface area contributed by atoms with Gasteiger partial charge in [0.2, 0.25) is 106 Å². The fourth-order valence-electron chi connectivity index (χ4n) is 17.5. The molecule has 0 aliphatic carbocycles. The lowest BCUT2D eigenvalue weighted by molar-refractivity contribution is -0.148. The lowest BCUT2D eigenvalue weighted by Gasteiger charge is -2.33. The van der Waals surface area contributed by atoms with Crippen LogP contribution in [0.4, 0.5) is 0 Å². The first-order valence-electron chi connectivity index (χ1n) is 48.5. The third-order valence-electron chi connectivity index (χ3n) is 25.0. The third kappa shape index (κ3) is 36.2. The molecule has 776 valence electrons. The molecule has 0 aromatic heterocycles. The summed E-state index contributed by atoms with van der Waals surface area (Å²) in [5.41, 5.74) is 24.1. The number of carbonyl (C=O) groups is 19. The molecular weight excluding hydrogens is 1870 g/mol. The van der Waals surface area contributed by atoms with E-state index in [0.29, 0.717) is 56.1 Å². The molecule has 5 aliphatic rings. The molecule has 0 radical (unpaired) electrons. The largest absolute Gasteiger partial charge is 0.481 e. The van der Waals surface area contributed by atoms with Gasteiger partial charge in [-0.05, 0) is 184 Å². The van der Waals surface area contributed by atoms with Gasteiger partial charge in [-0.2, -0.15) is 0 Å². The monoisotopic (exact) mass is 2020 g/mol. The summed E-state index contributed by atoms with van der Waals surface area (Å²) < 4.78 is 0. The topological polar surface area (TPSA) is 674 Å². The number of halogens is 1. The highest BCUT2D eigenvalue weighted by Gasteiger charge is 2.48. The van der Waals surface area contributed by atoms with Crippen molar-refractivity contribution in [3.05, 3.63) is 70.7 Å². The molecule has 5 saturated heterocycles. The zero-order valence-electron chi connectivity index (χ0n) is 80.9. The number of nitrogens with one attached hydrogen (secondary N) is 15. The number of aliphatic carboxylic acids is 1. The highest BCUT2D eigenvalue weighted by molar-refractivity contribution is 8.76. The lowest BCUT2D eigenvalue weighted by atomic mass is 10.0. The van der Waals surface area contributed by atoms with Crippen LogP contribution < -0.4 is 97.4 Å². The number of guanidine groups is 1. The van der Waals surface area contributed by atoms with Crippen molar-refractivity contribution >= 4 is 151 Å². The van der Waals surface area contributed by atoms with E-state index in [1.54, 1.807) is 82.3 Å². The number of amides is 18.